The van der Waals surface area contributed by atoms with E-state index in [9.17, 15) is 35.7 Å². The minimum atomic E-state index is -1.86. The lowest BCUT2D eigenvalue weighted by molar-refractivity contribution is -0.306. The molecule has 138 valence electrons. The van der Waals surface area contributed by atoms with Crippen molar-refractivity contribution < 1.29 is 55.4 Å². The standard InChI is InChI=1S/C12H24O11/c13-1-4(15)7(17)8(18)5(16)3-22-12-11(21)10(20)9(19)6(2-14)23-12/h4-21H,1-3H2/t4-,5+,6+,7+,8+,9+,10-,11+,12+/m0/s1. The zero-order chi connectivity index (χ0) is 17.7. The van der Waals surface area contributed by atoms with E-state index in [1.54, 1.807) is 0 Å². The molecular weight excluding hydrogens is 320 g/mol. The molecule has 0 unspecified atom stereocenters. The van der Waals surface area contributed by atoms with E-state index in [-0.39, 0.29) is 0 Å². The number of aliphatic hydroxyl groups excluding tert-OH is 9. The molecule has 0 saturated carbocycles. The van der Waals surface area contributed by atoms with Gasteiger partial charge >= 0.3 is 0 Å². The van der Waals surface area contributed by atoms with Crippen LogP contribution in [-0.4, -0.2) is 121 Å². The second-order valence-corrected chi connectivity index (χ2v) is 5.33. The lowest BCUT2D eigenvalue weighted by atomic mass is 9.99. The van der Waals surface area contributed by atoms with Crippen LogP contribution in [0.3, 0.4) is 0 Å². The lowest BCUT2D eigenvalue weighted by Crippen LogP contribution is -2.59. The highest BCUT2D eigenvalue weighted by Crippen LogP contribution is 2.22. The predicted octanol–water partition coefficient (Wildman–Crippen LogP) is -5.76. The highest BCUT2D eigenvalue weighted by atomic mass is 16.7. The summed E-state index contributed by atoms with van der Waals surface area (Å²) in [5, 5.41) is 84.4. The van der Waals surface area contributed by atoms with E-state index in [1.165, 1.54) is 0 Å². The summed E-state index contributed by atoms with van der Waals surface area (Å²) in [6.45, 7) is -2.16. The molecule has 1 rings (SSSR count). The summed E-state index contributed by atoms with van der Waals surface area (Å²) >= 11 is 0. The van der Waals surface area contributed by atoms with E-state index in [4.69, 9.17) is 19.7 Å². The molecule has 1 saturated heterocycles. The summed E-state index contributed by atoms with van der Waals surface area (Å²) in [5.41, 5.74) is 0. The fourth-order valence-corrected chi connectivity index (χ4v) is 2.06. The van der Waals surface area contributed by atoms with Crippen LogP contribution in [0.25, 0.3) is 0 Å². The Morgan fingerprint density at radius 2 is 1.39 bits per heavy atom. The molecule has 1 aliphatic rings. The largest absolute Gasteiger partial charge is 0.394 e. The Kier molecular flexibility index (Phi) is 8.20. The quantitative estimate of drug-likeness (QED) is 0.203. The Hall–Kier alpha value is -0.440. The molecule has 0 aromatic carbocycles. The third kappa shape index (κ3) is 5.01. The van der Waals surface area contributed by atoms with Crippen LogP contribution in [0.5, 0.6) is 0 Å². The fraction of sp³-hybridized carbons (Fsp3) is 1.00. The van der Waals surface area contributed by atoms with Gasteiger partial charge in [0.25, 0.3) is 0 Å². The highest BCUT2D eigenvalue weighted by Gasteiger charge is 2.44. The number of aliphatic hydroxyl groups is 9. The Labute approximate surface area is 131 Å². The molecule has 0 aromatic heterocycles. The molecule has 9 N–H and O–H groups in total. The third-order valence-electron chi connectivity index (χ3n) is 3.61. The molecular formula is C12H24O11. The second kappa shape index (κ2) is 9.15. The molecule has 0 amide bonds. The van der Waals surface area contributed by atoms with Crippen molar-refractivity contribution in [3.8, 4) is 0 Å². The van der Waals surface area contributed by atoms with E-state index >= 15 is 0 Å². The van der Waals surface area contributed by atoms with Gasteiger partial charge in [-0.05, 0) is 0 Å². The molecule has 9 atom stereocenters. The Morgan fingerprint density at radius 1 is 0.826 bits per heavy atom. The zero-order valence-corrected chi connectivity index (χ0v) is 12.2. The molecule has 11 nitrogen and oxygen atoms in total. The van der Waals surface area contributed by atoms with Gasteiger partial charge in [0.1, 0.15) is 48.8 Å². The van der Waals surface area contributed by atoms with Crippen molar-refractivity contribution >= 4 is 0 Å². The van der Waals surface area contributed by atoms with Gasteiger partial charge in [0.15, 0.2) is 6.29 Å². The first-order chi connectivity index (χ1) is 10.7. The van der Waals surface area contributed by atoms with Crippen molar-refractivity contribution in [1.82, 2.24) is 0 Å². The molecule has 1 aliphatic heterocycles. The molecule has 0 aromatic rings. The maximum Gasteiger partial charge on any atom is 0.186 e. The van der Waals surface area contributed by atoms with Crippen LogP contribution in [0.15, 0.2) is 0 Å². The number of hydrogen-bond acceptors (Lipinski definition) is 11. The van der Waals surface area contributed by atoms with Crippen molar-refractivity contribution in [1.29, 1.82) is 0 Å². The van der Waals surface area contributed by atoms with Gasteiger partial charge in [-0.25, -0.2) is 0 Å². The van der Waals surface area contributed by atoms with Crippen molar-refractivity contribution in [3.63, 3.8) is 0 Å². The normalized spacial score (nSPS) is 37.2. The number of rotatable bonds is 8. The minimum Gasteiger partial charge on any atom is -0.394 e. The number of hydrogen-bond donors (Lipinski definition) is 9. The van der Waals surface area contributed by atoms with Gasteiger partial charge in [-0.1, -0.05) is 0 Å². The Balaban J connectivity index is 2.55. The average Bonchev–Trinajstić information content (AvgIpc) is 2.56. The van der Waals surface area contributed by atoms with Crippen LogP contribution in [0.2, 0.25) is 0 Å². The van der Waals surface area contributed by atoms with E-state index in [0.717, 1.165) is 0 Å². The first-order valence-electron chi connectivity index (χ1n) is 6.99. The molecule has 0 radical (unpaired) electrons. The van der Waals surface area contributed by atoms with Crippen LogP contribution in [0, 0.1) is 0 Å². The summed E-state index contributed by atoms with van der Waals surface area (Å²) in [5.74, 6) is 0. The van der Waals surface area contributed by atoms with Crippen LogP contribution >= 0.6 is 0 Å². The molecule has 0 spiro atoms. The van der Waals surface area contributed by atoms with Gasteiger partial charge < -0.3 is 55.4 Å². The lowest BCUT2D eigenvalue weighted by Gasteiger charge is -2.40. The van der Waals surface area contributed by atoms with Crippen molar-refractivity contribution in [2.24, 2.45) is 0 Å². The van der Waals surface area contributed by atoms with Crippen molar-refractivity contribution in [2.45, 2.75) is 55.1 Å². The maximum absolute atomic E-state index is 9.70. The monoisotopic (exact) mass is 344 g/mol. The van der Waals surface area contributed by atoms with Crippen LogP contribution in [0.4, 0.5) is 0 Å². The SMILES string of the molecule is OC[C@H](O)[C@@H](O)[C@H](O)[C@H](O)CO[C@@H]1O[C@H](CO)[C@@H](O)[C@H](O)[C@H]1O. The summed E-state index contributed by atoms with van der Waals surface area (Å²) in [7, 11) is 0. The van der Waals surface area contributed by atoms with E-state index in [1.807, 2.05) is 0 Å². The van der Waals surface area contributed by atoms with Gasteiger partial charge in [0.2, 0.25) is 0 Å². The fourth-order valence-electron chi connectivity index (χ4n) is 2.06. The number of ether oxygens (including phenoxy) is 2. The Bertz CT molecular complexity index is 341. The molecule has 11 heteroatoms. The van der Waals surface area contributed by atoms with Gasteiger partial charge in [-0.15, -0.1) is 0 Å². The smallest absolute Gasteiger partial charge is 0.186 e. The second-order valence-electron chi connectivity index (χ2n) is 5.33. The third-order valence-corrected chi connectivity index (χ3v) is 3.61. The Morgan fingerprint density at radius 3 is 1.91 bits per heavy atom. The van der Waals surface area contributed by atoms with Crippen molar-refractivity contribution in [3.05, 3.63) is 0 Å². The first kappa shape index (κ1) is 20.6. The van der Waals surface area contributed by atoms with E-state index in [0.29, 0.717) is 0 Å². The van der Waals surface area contributed by atoms with E-state index < -0.39 is 74.9 Å². The summed E-state index contributed by atoms with van der Waals surface area (Å²) in [6, 6.07) is 0. The zero-order valence-electron chi connectivity index (χ0n) is 12.2. The van der Waals surface area contributed by atoms with Gasteiger partial charge in [-0.3, -0.25) is 0 Å². The van der Waals surface area contributed by atoms with Gasteiger partial charge in [0.05, 0.1) is 19.8 Å². The van der Waals surface area contributed by atoms with Crippen LogP contribution < -0.4 is 0 Å². The summed E-state index contributed by atoms with van der Waals surface area (Å²) in [6.07, 6.45) is -14.7. The first-order valence-corrected chi connectivity index (χ1v) is 6.99. The topological polar surface area (TPSA) is 201 Å². The summed E-state index contributed by atoms with van der Waals surface area (Å²) in [4.78, 5) is 0. The van der Waals surface area contributed by atoms with Crippen LogP contribution in [-0.2, 0) is 9.47 Å². The molecule has 1 heterocycles. The molecule has 0 bridgehead atoms. The molecule has 1 fully saturated rings. The summed E-state index contributed by atoms with van der Waals surface area (Å²) < 4.78 is 9.99. The van der Waals surface area contributed by atoms with Gasteiger partial charge in [-0.2, -0.15) is 0 Å². The van der Waals surface area contributed by atoms with Crippen molar-refractivity contribution in [2.75, 3.05) is 19.8 Å². The molecule has 23 heavy (non-hydrogen) atoms. The van der Waals surface area contributed by atoms with Crippen LogP contribution in [0.1, 0.15) is 0 Å². The maximum atomic E-state index is 9.70. The average molecular weight is 344 g/mol. The minimum absolute atomic E-state index is 0.655. The van der Waals surface area contributed by atoms with E-state index in [2.05, 4.69) is 0 Å². The van der Waals surface area contributed by atoms with Gasteiger partial charge in [0, 0.05) is 0 Å². The predicted molar refractivity (Wildman–Crippen MR) is 70.8 cm³/mol. The molecule has 0 aliphatic carbocycles. The highest BCUT2D eigenvalue weighted by molar-refractivity contribution is 4.89.